The summed E-state index contributed by atoms with van der Waals surface area (Å²) in [6, 6.07) is 14.2. The lowest BCUT2D eigenvalue weighted by molar-refractivity contribution is -0.277. The lowest BCUT2D eigenvalue weighted by atomic mass is 9.99. The molecule has 1 aliphatic rings. The normalized spacial score (nSPS) is 27.3. The van der Waals surface area contributed by atoms with E-state index in [1.54, 1.807) is 18.2 Å². The standard InChI is InChI=1S/C22H27NO7/c1-12-8-9-15(21(28)23-13(2)14-6-4-3-5-7-14)16(10-12)29-22-20(27)19(26)18(25)17(11-24)30-22/h3-10,13,17-20,22,24-27H,11H2,1-2H3,(H,23,28)/t13-,17?,18?,19?,20?,22?/m0/s1. The highest BCUT2D eigenvalue weighted by Gasteiger charge is 2.45. The number of aliphatic hydroxyl groups is 4. The van der Waals surface area contributed by atoms with Gasteiger partial charge in [0.15, 0.2) is 0 Å². The Kier molecular flexibility index (Phi) is 7.06. The molecule has 6 atom stereocenters. The molecule has 1 aliphatic heterocycles. The molecule has 1 fully saturated rings. The molecule has 8 nitrogen and oxygen atoms in total. The Morgan fingerprint density at radius 3 is 2.47 bits per heavy atom. The van der Waals surface area contributed by atoms with Crippen LogP contribution in [0.3, 0.4) is 0 Å². The molecule has 5 unspecified atom stereocenters. The molecule has 0 saturated carbocycles. The van der Waals surface area contributed by atoms with Crippen molar-refractivity contribution < 1.29 is 34.7 Å². The topological polar surface area (TPSA) is 128 Å². The first-order valence-corrected chi connectivity index (χ1v) is 9.75. The molecule has 5 N–H and O–H groups in total. The fourth-order valence-electron chi connectivity index (χ4n) is 3.30. The average molecular weight is 417 g/mol. The van der Waals surface area contributed by atoms with Gasteiger partial charge < -0.3 is 35.2 Å². The van der Waals surface area contributed by atoms with Crippen molar-refractivity contribution in [2.75, 3.05) is 6.61 Å². The number of ether oxygens (including phenoxy) is 2. The van der Waals surface area contributed by atoms with Crippen LogP contribution in [0.4, 0.5) is 0 Å². The first-order chi connectivity index (χ1) is 14.3. The average Bonchev–Trinajstić information content (AvgIpc) is 2.74. The predicted octanol–water partition coefficient (Wildman–Crippen LogP) is 0.665. The van der Waals surface area contributed by atoms with Crippen molar-refractivity contribution in [1.29, 1.82) is 0 Å². The Labute approximate surface area is 174 Å². The van der Waals surface area contributed by atoms with Crippen molar-refractivity contribution in [2.45, 2.75) is 50.6 Å². The van der Waals surface area contributed by atoms with Crippen LogP contribution in [0, 0.1) is 6.92 Å². The van der Waals surface area contributed by atoms with Crippen molar-refractivity contribution in [3.8, 4) is 5.75 Å². The first-order valence-electron chi connectivity index (χ1n) is 9.75. The molecule has 0 spiro atoms. The molecular weight excluding hydrogens is 390 g/mol. The van der Waals surface area contributed by atoms with Crippen molar-refractivity contribution in [2.24, 2.45) is 0 Å². The van der Waals surface area contributed by atoms with Gasteiger partial charge >= 0.3 is 0 Å². The van der Waals surface area contributed by atoms with Gasteiger partial charge in [-0.15, -0.1) is 0 Å². The first kappa shape index (κ1) is 22.2. The summed E-state index contributed by atoms with van der Waals surface area (Å²) in [6.45, 7) is 3.11. The Bertz CT molecular complexity index is 858. The SMILES string of the molecule is Cc1ccc(C(=O)N[C@@H](C)c2ccccc2)c(OC2OC(CO)C(O)C(O)C2O)c1. The van der Waals surface area contributed by atoms with E-state index in [4.69, 9.17) is 9.47 Å². The highest BCUT2D eigenvalue weighted by Crippen LogP contribution is 2.28. The van der Waals surface area contributed by atoms with E-state index in [2.05, 4.69) is 5.32 Å². The monoisotopic (exact) mass is 417 g/mol. The molecule has 1 saturated heterocycles. The number of hydrogen-bond donors (Lipinski definition) is 5. The zero-order chi connectivity index (χ0) is 21.8. The Balaban J connectivity index is 1.80. The Hall–Kier alpha value is -2.49. The summed E-state index contributed by atoms with van der Waals surface area (Å²) >= 11 is 0. The van der Waals surface area contributed by atoms with E-state index >= 15 is 0 Å². The van der Waals surface area contributed by atoms with Crippen LogP contribution in [0.15, 0.2) is 48.5 Å². The van der Waals surface area contributed by atoms with Crippen molar-refractivity contribution in [3.63, 3.8) is 0 Å². The minimum absolute atomic E-state index is 0.150. The number of rotatable bonds is 6. The molecule has 30 heavy (non-hydrogen) atoms. The number of aryl methyl sites for hydroxylation is 1. The minimum Gasteiger partial charge on any atom is -0.461 e. The molecule has 8 heteroatoms. The van der Waals surface area contributed by atoms with Crippen LogP contribution in [0.1, 0.15) is 34.5 Å². The van der Waals surface area contributed by atoms with E-state index in [0.29, 0.717) is 0 Å². The zero-order valence-electron chi connectivity index (χ0n) is 16.8. The van der Waals surface area contributed by atoms with Gasteiger partial charge in [0.05, 0.1) is 18.2 Å². The molecule has 2 aromatic rings. The van der Waals surface area contributed by atoms with Crippen LogP contribution in [0.25, 0.3) is 0 Å². The van der Waals surface area contributed by atoms with E-state index in [-0.39, 0.29) is 23.3 Å². The Morgan fingerprint density at radius 2 is 1.80 bits per heavy atom. The molecule has 3 rings (SSSR count). The fourth-order valence-corrected chi connectivity index (χ4v) is 3.30. The van der Waals surface area contributed by atoms with E-state index in [1.807, 2.05) is 44.2 Å². The van der Waals surface area contributed by atoms with Crippen molar-refractivity contribution in [3.05, 3.63) is 65.2 Å². The zero-order valence-corrected chi connectivity index (χ0v) is 16.8. The van der Waals surface area contributed by atoms with E-state index in [9.17, 15) is 25.2 Å². The van der Waals surface area contributed by atoms with Crippen LogP contribution < -0.4 is 10.1 Å². The van der Waals surface area contributed by atoms with Crippen LogP contribution in [0.2, 0.25) is 0 Å². The molecule has 2 aromatic carbocycles. The van der Waals surface area contributed by atoms with Crippen LogP contribution in [0.5, 0.6) is 5.75 Å². The van der Waals surface area contributed by atoms with Gasteiger partial charge in [-0.25, -0.2) is 0 Å². The summed E-state index contributed by atoms with van der Waals surface area (Å²) in [7, 11) is 0. The maximum atomic E-state index is 12.9. The summed E-state index contributed by atoms with van der Waals surface area (Å²) in [5.41, 5.74) is 1.97. The third-order valence-electron chi connectivity index (χ3n) is 5.12. The Morgan fingerprint density at radius 1 is 1.10 bits per heavy atom. The summed E-state index contributed by atoms with van der Waals surface area (Å²) in [6.07, 6.45) is -7.10. The van der Waals surface area contributed by atoms with Gasteiger partial charge in [-0.2, -0.15) is 0 Å². The summed E-state index contributed by atoms with van der Waals surface area (Å²) in [5, 5.41) is 42.4. The molecule has 0 radical (unpaired) electrons. The van der Waals surface area contributed by atoms with Crippen molar-refractivity contribution in [1.82, 2.24) is 5.32 Å². The number of aliphatic hydroxyl groups excluding tert-OH is 4. The number of nitrogens with one attached hydrogen (secondary N) is 1. The van der Waals surface area contributed by atoms with E-state index in [1.165, 1.54) is 0 Å². The molecular formula is C22H27NO7. The van der Waals surface area contributed by atoms with E-state index in [0.717, 1.165) is 11.1 Å². The number of hydrogen-bond acceptors (Lipinski definition) is 7. The summed E-state index contributed by atoms with van der Waals surface area (Å²) in [4.78, 5) is 12.9. The van der Waals surface area contributed by atoms with Crippen molar-refractivity contribution >= 4 is 5.91 Å². The third-order valence-corrected chi connectivity index (χ3v) is 5.12. The van der Waals surface area contributed by atoms with Gasteiger partial charge in [0.1, 0.15) is 30.2 Å². The van der Waals surface area contributed by atoms with Gasteiger partial charge in [-0.05, 0) is 37.1 Å². The second kappa shape index (κ2) is 9.55. The molecule has 162 valence electrons. The highest BCUT2D eigenvalue weighted by molar-refractivity contribution is 5.97. The van der Waals surface area contributed by atoms with Gasteiger partial charge in [-0.3, -0.25) is 4.79 Å². The van der Waals surface area contributed by atoms with Gasteiger partial charge in [0, 0.05) is 0 Å². The number of carbonyl (C=O) groups excluding carboxylic acids is 1. The maximum absolute atomic E-state index is 12.9. The second-order valence-electron chi connectivity index (χ2n) is 7.42. The second-order valence-corrected chi connectivity index (χ2v) is 7.42. The lowest BCUT2D eigenvalue weighted by Gasteiger charge is -2.39. The molecule has 0 aromatic heterocycles. The van der Waals surface area contributed by atoms with Gasteiger partial charge in [-0.1, -0.05) is 36.4 Å². The number of carbonyl (C=O) groups is 1. The third kappa shape index (κ3) is 4.80. The summed E-state index contributed by atoms with van der Waals surface area (Å²) < 4.78 is 11.1. The molecule has 0 aliphatic carbocycles. The fraction of sp³-hybridized carbons (Fsp3) is 0.409. The lowest BCUT2D eigenvalue weighted by Crippen LogP contribution is -2.60. The molecule has 1 heterocycles. The molecule has 0 bridgehead atoms. The van der Waals surface area contributed by atoms with Gasteiger partial charge in [0.25, 0.3) is 5.91 Å². The maximum Gasteiger partial charge on any atom is 0.255 e. The number of benzene rings is 2. The van der Waals surface area contributed by atoms with Gasteiger partial charge in [0.2, 0.25) is 6.29 Å². The largest absolute Gasteiger partial charge is 0.461 e. The number of amides is 1. The predicted molar refractivity (Wildman–Crippen MR) is 108 cm³/mol. The minimum atomic E-state index is -1.57. The van der Waals surface area contributed by atoms with E-state index < -0.39 is 37.3 Å². The van der Waals surface area contributed by atoms with Crippen LogP contribution >= 0.6 is 0 Å². The quantitative estimate of drug-likeness (QED) is 0.467. The summed E-state index contributed by atoms with van der Waals surface area (Å²) in [5.74, 6) is -0.233. The molecule has 1 amide bonds. The van der Waals surface area contributed by atoms with Crippen LogP contribution in [-0.4, -0.2) is 63.6 Å². The van der Waals surface area contributed by atoms with Crippen LogP contribution in [-0.2, 0) is 4.74 Å². The highest BCUT2D eigenvalue weighted by atomic mass is 16.7. The smallest absolute Gasteiger partial charge is 0.255 e.